The number of hydrogen-bond acceptors (Lipinski definition) is 5. The lowest BCUT2D eigenvalue weighted by molar-refractivity contribution is -0.141. The third-order valence-corrected chi connectivity index (χ3v) is 2.88. The molecule has 0 aromatic heterocycles. The van der Waals surface area contributed by atoms with Crippen LogP contribution in [-0.4, -0.2) is 37.2 Å². The second-order valence-electron chi connectivity index (χ2n) is 4.49. The fourth-order valence-corrected chi connectivity index (χ4v) is 1.80. The first-order chi connectivity index (χ1) is 10.1. The third-order valence-electron chi connectivity index (χ3n) is 2.88. The monoisotopic (exact) mass is 292 g/mol. The fraction of sp³-hybridized carbons (Fsp3) is 0.357. The van der Waals surface area contributed by atoms with E-state index in [-0.39, 0.29) is 13.2 Å². The summed E-state index contributed by atoms with van der Waals surface area (Å²) in [5.41, 5.74) is 0.853. The number of ether oxygens (including phenoxy) is 2. The molecular weight excluding hydrogens is 276 g/mol. The van der Waals surface area contributed by atoms with Crippen molar-refractivity contribution < 1.29 is 23.9 Å². The van der Waals surface area contributed by atoms with Crippen molar-refractivity contribution in [2.24, 2.45) is 0 Å². The predicted molar refractivity (Wildman–Crippen MR) is 72.1 cm³/mol. The molecule has 0 aliphatic carbocycles. The summed E-state index contributed by atoms with van der Waals surface area (Å²) in [4.78, 5) is 34.1. The molecule has 2 amide bonds. The number of nitrogens with one attached hydrogen (secondary N) is 2. The molecular formula is C14H16N2O5. The van der Waals surface area contributed by atoms with Gasteiger partial charge < -0.3 is 20.1 Å². The Balaban J connectivity index is 1.64. The second-order valence-corrected chi connectivity index (χ2v) is 4.49. The van der Waals surface area contributed by atoms with Crippen molar-refractivity contribution in [2.45, 2.75) is 19.1 Å². The number of hydrogen-bond donors (Lipinski definition) is 2. The molecule has 1 saturated heterocycles. The Morgan fingerprint density at radius 2 is 2.05 bits per heavy atom. The maximum absolute atomic E-state index is 11.5. The van der Waals surface area contributed by atoms with E-state index in [1.165, 1.54) is 0 Å². The summed E-state index contributed by atoms with van der Waals surface area (Å²) in [6.07, 6.45) is -0.244. The molecule has 0 radical (unpaired) electrons. The van der Waals surface area contributed by atoms with Gasteiger partial charge in [0.05, 0.1) is 6.61 Å². The number of esters is 1. The van der Waals surface area contributed by atoms with Crippen LogP contribution in [0.1, 0.15) is 12.0 Å². The molecule has 1 aliphatic heterocycles. The minimum Gasteiger partial charge on any atom is -0.464 e. The zero-order valence-electron chi connectivity index (χ0n) is 11.3. The molecule has 0 saturated carbocycles. The molecule has 1 heterocycles. The van der Waals surface area contributed by atoms with Gasteiger partial charge in [-0.25, -0.2) is 9.59 Å². The molecule has 7 nitrogen and oxygen atoms in total. The smallest absolute Gasteiger partial charge is 0.407 e. The Bertz CT molecular complexity index is 517. The van der Waals surface area contributed by atoms with Crippen LogP contribution in [-0.2, 0) is 25.7 Å². The van der Waals surface area contributed by atoms with Gasteiger partial charge in [-0.1, -0.05) is 30.3 Å². The lowest BCUT2D eigenvalue weighted by Crippen LogP contribution is -2.43. The van der Waals surface area contributed by atoms with Gasteiger partial charge in [-0.05, 0) is 5.56 Å². The molecule has 21 heavy (non-hydrogen) atoms. The van der Waals surface area contributed by atoms with Gasteiger partial charge in [0.25, 0.3) is 0 Å². The quantitative estimate of drug-likeness (QED) is 0.763. The highest BCUT2D eigenvalue weighted by molar-refractivity contribution is 5.87. The van der Waals surface area contributed by atoms with Crippen molar-refractivity contribution in [1.82, 2.24) is 10.6 Å². The van der Waals surface area contributed by atoms with Gasteiger partial charge in [-0.15, -0.1) is 0 Å². The van der Waals surface area contributed by atoms with E-state index in [9.17, 15) is 14.4 Å². The van der Waals surface area contributed by atoms with Crippen LogP contribution in [0.5, 0.6) is 0 Å². The van der Waals surface area contributed by atoms with E-state index in [1.807, 2.05) is 30.3 Å². The second kappa shape index (κ2) is 7.28. The number of alkyl carbamates (subject to hydrolysis) is 1. The van der Waals surface area contributed by atoms with E-state index in [4.69, 9.17) is 9.47 Å². The first-order valence-electron chi connectivity index (χ1n) is 6.55. The van der Waals surface area contributed by atoms with Crippen molar-refractivity contribution >= 4 is 18.0 Å². The van der Waals surface area contributed by atoms with Crippen LogP contribution < -0.4 is 10.6 Å². The zero-order chi connectivity index (χ0) is 15.1. The number of rotatable bonds is 5. The zero-order valence-corrected chi connectivity index (χ0v) is 11.3. The van der Waals surface area contributed by atoms with Gasteiger partial charge in [0, 0.05) is 6.42 Å². The van der Waals surface area contributed by atoms with Gasteiger partial charge in [-0.2, -0.15) is 0 Å². The predicted octanol–water partition coefficient (Wildman–Crippen LogP) is 0.345. The average molecular weight is 292 g/mol. The van der Waals surface area contributed by atoms with Gasteiger partial charge >= 0.3 is 12.1 Å². The van der Waals surface area contributed by atoms with E-state index in [0.717, 1.165) is 5.56 Å². The molecule has 0 unspecified atom stereocenters. The van der Waals surface area contributed by atoms with Crippen LogP contribution in [0.4, 0.5) is 4.79 Å². The van der Waals surface area contributed by atoms with Crippen LogP contribution in [0.15, 0.2) is 30.3 Å². The van der Waals surface area contributed by atoms with Crippen LogP contribution in [0.25, 0.3) is 0 Å². The third kappa shape index (κ3) is 4.79. The van der Waals surface area contributed by atoms with Crippen molar-refractivity contribution in [2.75, 3.05) is 13.2 Å². The van der Waals surface area contributed by atoms with E-state index in [1.54, 1.807) is 0 Å². The molecule has 2 N–H and O–H groups in total. The number of carbonyl (C=O) groups excluding carboxylic acids is 3. The number of carbonyl (C=O) groups is 3. The first-order valence-corrected chi connectivity index (χ1v) is 6.55. The van der Waals surface area contributed by atoms with Gasteiger partial charge in [-0.3, -0.25) is 4.79 Å². The average Bonchev–Trinajstić information content (AvgIpc) is 2.89. The van der Waals surface area contributed by atoms with Crippen molar-refractivity contribution in [3.63, 3.8) is 0 Å². The van der Waals surface area contributed by atoms with Crippen molar-refractivity contribution in [1.29, 1.82) is 0 Å². The van der Waals surface area contributed by atoms with Gasteiger partial charge in [0.2, 0.25) is 5.91 Å². The van der Waals surface area contributed by atoms with Crippen LogP contribution in [0.3, 0.4) is 0 Å². The van der Waals surface area contributed by atoms with E-state index in [2.05, 4.69) is 10.6 Å². The highest BCUT2D eigenvalue weighted by atomic mass is 16.5. The Morgan fingerprint density at radius 1 is 1.29 bits per heavy atom. The molecule has 7 heteroatoms. The Morgan fingerprint density at radius 3 is 2.71 bits per heavy atom. The minimum atomic E-state index is -0.692. The summed E-state index contributed by atoms with van der Waals surface area (Å²) in [5.74, 6) is -0.912. The standard InChI is InChI=1S/C14H16N2O5/c17-12(16-11-6-7-20-13(11)18)8-15-14(19)21-9-10-4-2-1-3-5-10/h1-5,11H,6-9H2,(H,15,19)(H,16,17)/t11-/m0/s1. The molecule has 112 valence electrons. The molecule has 1 atom stereocenters. The number of benzene rings is 1. The van der Waals surface area contributed by atoms with Gasteiger partial charge in [0.1, 0.15) is 19.2 Å². The summed E-state index contributed by atoms with van der Waals surface area (Å²) >= 11 is 0. The lowest BCUT2D eigenvalue weighted by atomic mass is 10.2. The summed E-state index contributed by atoms with van der Waals surface area (Å²) in [6.45, 7) is 0.178. The fourth-order valence-electron chi connectivity index (χ4n) is 1.80. The molecule has 2 rings (SSSR count). The van der Waals surface area contributed by atoms with E-state index in [0.29, 0.717) is 13.0 Å². The molecule has 1 aliphatic rings. The first kappa shape index (κ1) is 14.8. The summed E-state index contributed by atoms with van der Waals surface area (Å²) < 4.78 is 9.66. The Kier molecular flexibility index (Phi) is 5.14. The van der Waals surface area contributed by atoms with Gasteiger partial charge in [0.15, 0.2) is 0 Å². The summed E-state index contributed by atoms with van der Waals surface area (Å²) in [5, 5.41) is 4.79. The Labute approximate surface area is 121 Å². The van der Waals surface area contributed by atoms with Crippen LogP contribution in [0.2, 0.25) is 0 Å². The van der Waals surface area contributed by atoms with Crippen molar-refractivity contribution in [3.05, 3.63) is 35.9 Å². The number of cyclic esters (lactones) is 1. The van der Waals surface area contributed by atoms with E-state index >= 15 is 0 Å². The molecule has 1 fully saturated rings. The molecule has 1 aromatic carbocycles. The normalized spacial score (nSPS) is 17.0. The largest absolute Gasteiger partial charge is 0.464 e. The maximum atomic E-state index is 11.5. The van der Waals surface area contributed by atoms with E-state index < -0.39 is 24.0 Å². The molecule has 0 spiro atoms. The summed E-state index contributed by atoms with van der Waals surface area (Å²) in [7, 11) is 0. The van der Waals surface area contributed by atoms with Crippen LogP contribution in [0, 0.1) is 0 Å². The molecule has 0 bridgehead atoms. The highest BCUT2D eigenvalue weighted by Crippen LogP contribution is 2.05. The Hall–Kier alpha value is -2.57. The lowest BCUT2D eigenvalue weighted by Gasteiger charge is -2.10. The number of amides is 2. The minimum absolute atomic E-state index is 0.128. The molecule has 1 aromatic rings. The maximum Gasteiger partial charge on any atom is 0.407 e. The highest BCUT2D eigenvalue weighted by Gasteiger charge is 2.27. The van der Waals surface area contributed by atoms with Crippen molar-refractivity contribution in [3.8, 4) is 0 Å². The SMILES string of the molecule is O=C(CNC(=O)OCc1ccccc1)N[C@H]1CCOC1=O. The topological polar surface area (TPSA) is 93.7 Å². The van der Waals surface area contributed by atoms with Crippen LogP contribution >= 0.6 is 0 Å². The summed E-state index contributed by atoms with van der Waals surface area (Å²) in [6, 6.07) is 8.56.